The highest BCUT2D eigenvalue weighted by Crippen LogP contribution is 2.40. The first kappa shape index (κ1) is 25.7. The first-order valence-corrected chi connectivity index (χ1v) is 13.3. The van der Waals surface area contributed by atoms with Crippen LogP contribution in [0.15, 0.2) is 45.7 Å². The van der Waals surface area contributed by atoms with Crippen molar-refractivity contribution in [2.45, 2.75) is 50.7 Å². The molecule has 0 amide bonds. The minimum atomic E-state index is -0.415. The van der Waals surface area contributed by atoms with Crippen molar-refractivity contribution in [3.8, 4) is 12.1 Å². The lowest BCUT2D eigenvalue weighted by Crippen LogP contribution is -2.58. The zero-order valence-corrected chi connectivity index (χ0v) is 22.4. The van der Waals surface area contributed by atoms with Crippen LogP contribution in [0.4, 0.5) is 10.1 Å². The summed E-state index contributed by atoms with van der Waals surface area (Å²) in [4.78, 5) is 26.7. The third kappa shape index (κ3) is 4.29. The van der Waals surface area contributed by atoms with Crippen molar-refractivity contribution in [1.29, 1.82) is 10.5 Å². The molecule has 0 bridgehead atoms. The minimum absolute atomic E-state index is 0.00819. The molecule has 202 valence electrons. The molecular weight excluding hydrogens is 511 g/mol. The molecule has 2 aliphatic rings. The van der Waals surface area contributed by atoms with Crippen molar-refractivity contribution < 1.29 is 8.91 Å². The van der Waals surface area contributed by atoms with Crippen LogP contribution in [0.5, 0.6) is 0 Å². The van der Waals surface area contributed by atoms with Crippen LogP contribution in [0.3, 0.4) is 0 Å². The van der Waals surface area contributed by atoms with E-state index in [2.05, 4.69) is 34.1 Å². The van der Waals surface area contributed by atoms with Crippen molar-refractivity contribution in [2.75, 3.05) is 18.0 Å². The Balaban J connectivity index is 1.42. The third-order valence-corrected chi connectivity index (χ3v) is 7.91. The summed E-state index contributed by atoms with van der Waals surface area (Å²) in [5.41, 5.74) is 2.03. The Morgan fingerprint density at radius 2 is 1.77 bits per heavy atom. The van der Waals surface area contributed by atoms with Gasteiger partial charge in [0.15, 0.2) is 5.82 Å². The number of nitriles is 2. The van der Waals surface area contributed by atoms with Crippen LogP contribution in [0.2, 0.25) is 0 Å². The Labute approximate surface area is 229 Å². The number of halogens is 1. The van der Waals surface area contributed by atoms with E-state index < -0.39 is 11.6 Å². The summed E-state index contributed by atoms with van der Waals surface area (Å²) in [6, 6.07) is 13.1. The maximum Gasteiger partial charge on any atom is 0.270 e. The number of pyridine rings is 2. The van der Waals surface area contributed by atoms with Gasteiger partial charge in [0.05, 0.1) is 11.2 Å². The standard InChI is InChI=1S/C29H27FN8O2/c1-16-15-38(26-22(13-32)29(39)36(3)23-11-10-21(12-31)33-24(23)26)17(2)14-37(16)25(18-6-8-20(30)9-7-18)28-34-27(35-40-28)19-4-5-19/h6-11,16-17,19,25H,4-5,14-15H2,1-3H3/t16-,17+,25?/m1/s1. The Hall–Kier alpha value is -4.61. The van der Waals surface area contributed by atoms with Gasteiger partial charge in [0, 0.05) is 38.1 Å². The molecule has 0 spiro atoms. The fourth-order valence-electron chi connectivity index (χ4n) is 5.65. The predicted octanol–water partition coefficient (Wildman–Crippen LogP) is 3.76. The molecule has 1 saturated carbocycles. The molecule has 11 heteroatoms. The van der Waals surface area contributed by atoms with E-state index in [0.29, 0.717) is 47.4 Å². The second kappa shape index (κ2) is 9.85. The number of hydrogen-bond donors (Lipinski definition) is 0. The van der Waals surface area contributed by atoms with Crippen molar-refractivity contribution in [2.24, 2.45) is 7.05 Å². The van der Waals surface area contributed by atoms with Crippen LogP contribution in [0.1, 0.15) is 67.2 Å². The van der Waals surface area contributed by atoms with Crippen LogP contribution < -0.4 is 10.5 Å². The Morgan fingerprint density at radius 1 is 1.02 bits per heavy atom. The summed E-state index contributed by atoms with van der Waals surface area (Å²) < 4.78 is 21.0. The smallest absolute Gasteiger partial charge is 0.270 e. The van der Waals surface area contributed by atoms with Crippen LogP contribution >= 0.6 is 0 Å². The molecule has 4 heterocycles. The lowest BCUT2D eigenvalue weighted by Gasteiger charge is -2.47. The molecule has 40 heavy (non-hydrogen) atoms. The van der Waals surface area contributed by atoms with Crippen molar-refractivity contribution in [1.82, 2.24) is 24.6 Å². The van der Waals surface area contributed by atoms with Crippen molar-refractivity contribution in [3.05, 3.63) is 81.1 Å². The Morgan fingerprint density at radius 3 is 2.45 bits per heavy atom. The van der Waals surface area contributed by atoms with Crippen molar-refractivity contribution >= 4 is 16.7 Å². The predicted molar refractivity (Wildman–Crippen MR) is 144 cm³/mol. The topological polar surface area (TPSA) is 128 Å². The van der Waals surface area contributed by atoms with E-state index in [0.717, 1.165) is 18.4 Å². The minimum Gasteiger partial charge on any atom is -0.363 e. The highest BCUT2D eigenvalue weighted by Gasteiger charge is 2.40. The van der Waals surface area contributed by atoms with E-state index in [-0.39, 0.29) is 29.2 Å². The van der Waals surface area contributed by atoms with E-state index in [1.165, 1.54) is 16.7 Å². The van der Waals surface area contributed by atoms with Crippen LogP contribution in [0, 0.1) is 28.5 Å². The van der Waals surface area contributed by atoms with Crippen LogP contribution in [-0.4, -0.2) is 49.8 Å². The van der Waals surface area contributed by atoms with Gasteiger partial charge in [-0.15, -0.1) is 0 Å². The number of nitrogens with zero attached hydrogens (tertiary/aromatic N) is 8. The molecule has 1 unspecified atom stereocenters. The number of rotatable bonds is 5. The molecule has 2 fully saturated rings. The van der Waals surface area contributed by atoms with Gasteiger partial charge >= 0.3 is 0 Å². The summed E-state index contributed by atoms with van der Waals surface area (Å²) in [5.74, 6) is 1.15. The summed E-state index contributed by atoms with van der Waals surface area (Å²) in [5, 5.41) is 23.8. The van der Waals surface area contributed by atoms with E-state index >= 15 is 0 Å². The maximum atomic E-state index is 13.9. The van der Waals surface area contributed by atoms with Gasteiger partial charge < -0.3 is 14.0 Å². The molecule has 1 aromatic carbocycles. The van der Waals surface area contributed by atoms with Gasteiger partial charge in [-0.05, 0) is 56.5 Å². The lowest BCUT2D eigenvalue weighted by atomic mass is 9.98. The van der Waals surface area contributed by atoms with Crippen LogP contribution in [0.25, 0.3) is 11.0 Å². The average Bonchev–Trinajstić information content (AvgIpc) is 3.70. The number of fused-ring (bicyclic) bond motifs is 1. The fourth-order valence-corrected chi connectivity index (χ4v) is 5.65. The van der Waals surface area contributed by atoms with Gasteiger partial charge in [0.25, 0.3) is 5.56 Å². The van der Waals surface area contributed by atoms with Gasteiger partial charge in [-0.3, -0.25) is 9.69 Å². The number of anilines is 1. The van der Waals surface area contributed by atoms with Gasteiger partial charge in [0.2, 0.25) is 5.89 Å². The van der Waals surface area contributed by atoms with E-state index in [9.17, 15) is 19.7 Å². The average molecular weight is 539 g/mol. The molecule has 3 atom stereocenters. The SMILES string of the molecule is C[C@@H]1CN(c2c(C#N)c(=O)n(C)c3ccc(C#N)nc23)[C@@H](C)CN1C(c1ccc(F)cc1)c1nc(C2CC2)no1. The lowest BCUT2D eigenvalue weighted by molar-refractivity contribution is 0.110. The van der Waals surface area contributed by atoms with Crippen LogP contribution in [-0.2, 0) is 7.05 Å². The zero-order valence-electron chi connectivity index (χ0n) is 22.4. The van der Waals surface area contributed by atoms with E-state index in [1.54, 1.807) is 31.3 Å². The second-order valence-electron chi connectivity index (χ2n) is 10.6. The number of benzene rings is 1. The molecule has 1 saturated heterocycles. The normalized spacial score (nSPS) is 20.3. The molecule has 3 aromatic heterocycles. The van der Waals surface area contributed by atoms with Gasteiger partial charge in [-0.1, -0.05) is 17.3 Å². The summed E-state index contributed by atoms with van der Waals surface area (Å²) in [6.07, 6.45) is 2.08. The zero-order chi connectivity index (χ0) is 28.1. The number of aryl methyl sites for hydroxylation is 1. The molecule has 6 rings (SSSR count). The van der Waals surface area contributed by atoms with E-state index in [4.69, 9.17) is 9.51 Å². The maximum absolute atomic E-state index is 13.9. The summed E-state index contributed by atoms with van der Waals surface area (Å²) >= 11 is 0. The fraction of sp³-hybridized carbons (Fsp3) is 0.379. The van der Waals surface area contributed by atoms with Gasteiger partial charge in [-0.2, -0.15) is 15.5 Å². The van der Waals surface area contributed by atoms with Gasteiger partial charge in [-0.25, -0.2) is 9.37 Å². The molecule has 10 nitrogen and oxygen atoms in total. The summed E-state index contributed by atoms with van der Waals surface area (Å²) in [6.45, 7) is 5.04. The Kier molecular flexibility index (Phi) is 6.32. The van der Waals surface area contributed by atoms with Crippen molar-refractivity contribution in [3.63, 3.8) is 0 Å². The largest absolute Gasteiger partial charge is 0.363 e. The summed E-state index contributed by atoms with van der Waals surface area (Å²) in [7, 11) is 1.60. The number of aromatic nitrogens is 4. The molecule has 4 aromatic rings. The Bertz CT molecular complexity index is 1750. The molecule has 1 aliphatic heterocycles. The second-order valence-corrected chi connectivity index (χ2v) is 10.6. The number of piperazine rings is 1. The monoisotopic (exact) mass is 538 g/mol. The first-order chi connectivity index (χ1) is 19.3. The molecule has 1 aliphatic carbocycles. The molecular formula is C29H27FN8O2. The molecule has 0 N–H and O–H groups in total. The number of hydrogen-bond acceptors (Lipinski definition) is 9. The van der Waals surface area contributed by atoms with E-state index in [1.807, 2.05) is 11.8 Å². The quantitative estimate of drug-likeness (QED) is 0.373. The third-order valence-electron chi connectivity index (χ3n) is 7.91. The highest BCUT2D eigenvalue weighted by atomic mass is 19.1. The highest BCUT2D eigenvalue weighted by molar-refractivity contribution is 5.92. The van der Waals surface area contributed by atoms with Gasteiger partial charge in [0.1, 0.15) is 40.8 Å². The first-order valence-electron chi connectivity index (χ1n) is 13.3. The molecule has 0 radical (unpaired) electrons.